The first-order valence-electron chi connectivity index (χ1n) is 3.84. The largest absolute Gasteiger partial charge is 0.395 e. The Kier molecular flexibility index (Phi) is 26.9. The molecule has 0 saturated heterocycles. The van der Waals surface area contributed by atoms with Crippen LogP contribution in [0.25, 0.3) is 0 Å². The van der Waals surface area contributed by atoms with Crippen molar-refractivity contribution < 1.29 is 31.9 Å². The minimum absolute atomic E-state index is 0. The Morgan fingerprint density at radius 1 is 1.33 bits per heavy atom. The maximum absolute atomic E-state index is 8.19. The van der Waals surface area contributed by atoms with Crippen LogP contribution in [0.5, 0.6) is 0 Å². The van der Waals surface area contributed by atoms with Crippen LogP contribution < -0.4 is 11.1 Å². The summed E-state index contributed by atoms with van der Waals surface area (Å²) in [6.07, 6.45) is -0.167. The summed E-state index contributed by atoms with van der Waals surface area (Å²) in [5, 5.41) is 19.2. The molecule has 5 N–H and O–H groups in total. The smallest absolute Gasteiger partial charge is 0.0555 e. The molecule has 74 valence electrons. The fourth-order valence-corrected chi connectivity index (χ4v) is 0.306. The first-order valence-corrected chi connectivity index (χ1v) is 3.84. The second-order valence-corrected chi connectivity index (χ2v) is 2.36. The Labute approximate surface area is 89.4 Å². The normalized spacial score (nSPS) is 8.50. The fraction of sp³-hybridized carbons (Fsp3) is 1.00. The molecule has 0 bridgehead atoms. The van der Waals surface area contributed by atoms with Crippen LogP contribution in [0.4, 0.5) is 0 Å². The topological polar surface area (TPSA) is 78.5 Å². The molecule has 0 radical (unpaired) electrons. The van der Waals surface area contributed by atoms with E-state index in [1.54, 1.807) is 13.8 Å². The van der Waals surface area contributed by atoms with Gasteiger partial charge in [0.15, 0.2) is 0 Å². The van der Waals surface area contributed by atoms with Crippen LogP contribution in [0.3, 0.4) is 0 Å². The van der Waals surface area contributed by atoms with E-state index in [1.807, 2.05) is 0 Å². The summed E-state index contributed by atoms with van der Waals surface area (Å²) in [7, 11) is 0. The maximum atomic E-state index is 8.19. The van der Waals surface area contributed by atoms with E-state index < -0.39 is 0 Å². The molecule has 0 unspecified atom stereocenters. The second-order valence-electron chi connectivity index (χ2n) is 2.36. The van der Waals surface area contributed by atoms with Gasteiger partial charge >= 0.3 is 0 Å². The van der Waals surface area contributed by atoms with Gasteiger partial charge in [0.25, 0.3) is 0 Å². The molecule has 0 atom stereocenters. The Morgan fingerprint density at radius 3 is 2.00 bits per heavy atom. The molecule has 0 aromatic carbocycles. The Hall–Kier alpha value is 0.554. The molecule has 0 aliphatic carbocycles. The molecule has 0 saturated carbocycles. The van der Waals surface area contributed by atoms with Crippen molar-refractivity contribution in [2.45, 2.75) is 20.0 Å². The average molecular weight is 212 g/mol. The molecule has 5 heteroatoms. The summed E-state index contributed by atoms with van der Waals surface area (Å²) in [6, 6.07) is 0. The summed E-state index contributed by atoms with van der Waals surface area (Å²) in [5.41, 5.74) is 5.13. The van der Waals surface area contributed by atoms with Crippen molar-refractivity contribution in [2.24, 2.45) is 5.73 Å². The molecule has 0 aliphatic heterocycles. The molecule has 4 nitrogen and oxygen atoms in total. The first kappa shape index (κ1) is 18.4. The van der Waals surface area contributed by atoms with E-state index >= 15 is 0 Å². The quantitative estimate of drug-likeness (QED) is 0.353. The zero-order valence-electron chi connectivity index (χ0n) is 7.88. The van der Waals surface area contributed by atoms with Crippen LogP contribution in [0.2, 0.25) is 0 Å². The van der Waals surface area contributed by atoms with Crippen LogP contribution in [-0.4, -0.2) is 42.6 Å². The average Bonchev–Trinajstić information content (AvgIpc) is 1.88. The van der Waals surface area contributed by atoms with E-state index in [2.05, 4.69) is 5.32 Å². The summed E-state index contributed by atoms with van der Waals surface area (Å²) >= 11 is 0. The SMILES string of the molecule is CC(C)O.NCCNCCO.[Ti]. The van der Waals surface area contributed by atoms with Crippen molar-refractivity contribution in [1.29, 1.82) is 0 Å². The van der Waals surface area contributed by atoms with Crippen LogP contribution >= 0.6 is 0 Å². The minimum Gasteiger partial charge on any atom is -0.395 e. The van der Waals surface area contributed by atoms with Gasteiger partial charge in [0, 0.05) is 47.5 Å². The third-order valence-corrected chi connectivity index (χ3v) is 0.610. The van der Waals surface area contributed by atoms with Gasteiger partial charge in [0.2, 0.25) is 0 Å². The molecule has 0 aromatic rings. The Morgan fingerprint density at radius 2 is 1.75 bits per heavy atom. The molecular formula is C7H20N2O2Ti. The van der Waals surface area contributed by atoms with Gasteiger partial charge < -0.3 is 21.3 Å². The van der Waals surface area contributed by atoms with Crippen LogP contribution in [0.1, 0.15) is 13.8 Å². The number of aliphatic hydroxyl groups excluding tert-OH is 2. The zero-order chi connectivity index (χ0) is 9.11. The van der Waals surface area contributed by atoms with Gasteiger partial charge in [0.05, 0.1) is 6.61 Å². The van der Waals surface area contributed by atoms with E-state index in [4.69, 9.17) is 15.9 Å². The van der Waals surface area contributed by atoms with E-state index in [-0.39, 0.29) is 34.4 Å². The van der Waals surface area contributed by atoms with Crippen molar-refractivity contribution in [3.8, 4) is 0 Å². The molecule has 0 rings (SSSR count). The molecule has 0 heterocycles. The number of hydrogen-bond acceptors (Lipinski definition) is 4. The number of nitrogens with one attached hydrogen (secondary N) is 1. The third-order valence-electron chi connectivity index (χ3n) is 0.610. The number of hydrogen-bond donors (Lipinski definition) is 4. The standard InChI is InChI=1S/C4H12N2O.C3H8O.Ti/c5-1-2-6-3-4-7;1-3(2)4;/h6-7H,1-5H2;3-4H,1-2H3;. The molecule has 0 aromatic heterocycles. The van der Waals surface area contributed by atoms with E-state index in [0.29, 0.717) is 13.1 Å². The van der Waals surface area contributed by atoms with Crippen LogP contribution in [-0.2, 0) is 21.7 Å². The van der Waals surface area contributed by atoms with Gasteiger partial charge in [-0.1, -0.05) is 0 Å². The van der Waals surface area contributed by atoms with E-state index in [9.17, 15) is 0 Å². The van der Waals surface area contributed by atoms with Crippen molar-refractivity contribution >= 4 is 0 Å². The van der Waals surface area contributed by atoms with E-state index in [1.165, 1.54) is 0 Å². The van der Waals surface area contributed by atoms with Crippen LogP contribution in [0, 0.1) is 0 Å². The first-order chi connectivity index (χ1) is 5.15. The third kappa shape index (κ3) is 46.4. The number of nitrogens with two attached hydrogens (primary N) is 1. The predicted molar refractivity (Wildman–Crippen MR) is 46.4 cm³/mol. The molecule has 0 fully saturated rings. The molecule has 0 amide bonds. The maximum Gasteiger partial charge on any atom is 0.0555 e. The second kappa shape index (κ2) is 17.6. The van der Waals surface area contributed by atoms with Crippen molar-refractivity contribution in [1.82, 2.24) is 5.32 Å². The zero-order valence-corrected chi connectivity index (χ0v) is 9.44. The van der Waals surface area contributed by atoms with Gasteiger partial charge in [-0.2, -0.15) is 0 Å². The van der Waals surface area contributed by atoms with Crippen LogP contribution in [0.15, 0.2) is 0 Å². The van der Waals surface area contributed by atoms with E-state index in [0.717, 1.165) is 6.54 Å². The summed E-state index contributed by atoms with van der Waals surface area (Å²) in [5.74, 6) is 0. The fourth-order valence-electron chi connectivity index (χ4n) is 0.306. The molecular weight excluding hydrogens is 192 g/mol. The monoisotopic (exact) mass is 212 g/mol. The molecule has 12 heavy (non-hydrogen) atoms. The Bertz CT molecular complexity index is 58.6. The summed E-state index contributed by atoms with van der Waals surface area (Å²) in [4.78, 5) is 0. The van der Waals surface area contributed by atoms with Gasteiger partial charge in [-0.3, -0.25) is 0 Å². The summed E-state index contributed by atoms with van der Waals surface area (Å²) in [6.45, 7) is 5.72. The number of rotatable bonds is 4. The van der Waals surface area contributed by atoms with Gasteiger partial charge in [-0.25, -0.2) is 0 Å². The van der Waals surface area contributed by atoms with Crippen molar-refractivity contribution in [3.05, 3.63) is 0 Å². The molecule has 0 aliphatic rings. The Balaban J connectivity index is -0.000000142. The predicted octanol–water partition coefficient (Wildman–Crippen LogP) is -1.09. The summed E-state index contributed by atoms with van der Waals surface area (Å²) < 4.78 is 0. The minimum atomic E-state index is -0.167. The van der Waals surface area contributed by atoms with Crippen molar-refractivity contribution in [3.63, 3.8) is 0 Å². The number of aliphatic hydroxyl groups is 2. The van der Waals surface area contributed by atoms with Gasteiger partial charge in [-0.15, -0.1) is 0 Å². The van der Waals surface area contributed by atoms with Gasteiger partial charge in [-0.05, 0) is 13.8 Å². The van der Waals surface area contributed by atoms with Gasteiger partial charge in [0.1, 0.15) is 0 Å². The van der Waals surface area contributed by atoms with Crippen molar-refractivity contribution in [2.75, 3.05) is 26.2 Å². The molecule has 0 spiro atoms.